The highest BCUT2D eigenvalue weighted by molar-refractivity contribution is 7.16. The quantitative estimate of drug-likeness (QED) is 0.940. The number of hydrogen-bond donors (Lipinski definition) is 1. The van der Waals surface area contributed by atoms with Crippen molar-refractivity contribution in [2.45, 2.75) is 46.2 Å². The zero-order valence-electron chi connectivity index (χ0n) is 13.3. The second-order valence-corrected chi connectivity index (χ2v) is 7.15. The second kappa shape index (κ2) is 5.89. The molecule has 0 bridgehead atoms. The van der Waals surface area contributed by atoms with Crippen molar-refractivity contribution in [1.29, 1.82) is 0 Å². The van der Waals surface area contributed by atoms with Gasteiger partial charge in [0, 0.05) is 31.6 Å². The molecular weight excluding hydrogens is 280 g/mol. The maximum absolute atomic E-state index is 4.73. The van der Waals surface area contributed by atoms with Crippen LogP contribution in [0.25, 0.3) is 10.2 Å². The van der Waals surface area contributed by atoms with E-state index in [9.17, 15) is 0 Å². The molecule has 1 fully saturated rings. The molecule has 1 saturated heterocycles. The van der Waals surface area contributed by atoms with Crippen LogP contribution in [0.5, 0.6) is 0 Å². The fraction of sp³-hybridized carbons (Fsp3) is 0.625. The van der Waals surface area contributed by atoms with E-state index in [-0.39, 0.29) is 0 Å². The maximum Gasteiger partial charge on any atom is 0.138 e. The summed E-state index contributed by atoms with van der Waals surface area (Å²) in [4.78, 5) is 13.0. The van der Waals surface area contributed by atoms with E-state index in [0.29, 0.717) is 18.0 Å². The van der Waals surface area contributed by atoms with Crippen LogP contribution in [-0.4, -0.2) is 40.0 Å². The molecule has 0 aliphatic carbocycles. The maximum atomic E-state index is 4.73. The van der Waals surface area contributed by atoms with E-state index in [1.54, 1.807) is 11.3 Å². The standard InChI is InChI=1S/C16H24N4S/c1-5-14-18-15(12-6-7-21-16(12)19-14)17-13-9-20(10(2)3)8-11(13)4/h6-7,10-11,13H,5,8-9H2,1-4H3,(H,17,18,19). The number of anilines is 1. The predicted molar refractivity (Wildman–Crippen MR) is 90.1 cm³/mol. The van der Waals surface area contributed by atoms with E-state index < -0.39 is 0 Å². The molecule has 3 rings (SSSR count). The van der Waals surface area contributed by atoms with Crippen LogP contribution in [0.4, 0.5) is 5.82 Å². The summed E-state index contributed by atoms with van der Waals surface area (Å²) in [6.07, 6.45) is 0.876. The molecule has 2 atom stereocenters. The molecule has 0 amide bonds. The van der Waals surface area contributed by atoms with E-state index >= 15 is 0 Å². The number of nitrogens with one attached hydrogen (secondary N) is 1. The number of hydrogen-bond acceptors (Lipinski definition) is 5. The van der Waals surface area contributed by atoms with Crippen molar-refractivity contribution in [1.82, 2.24) is 14.9 Å². The molecule has 1 aliphatic rings. The van der Waals surface area contributed by atoms with Gasteiger partial charge in [-0.25, -0.2) is 9.97 Å². The Bertz CT molecular complexity index is 622. The van der Waals surface area contributed by atoms with E-state index in [1.807, 2.05) is 0 Å². The summed E-state index contributed by atoms with van der Waals surface area (Å²) in [5, 5.41) is 6.95. The van der Waals surface area contributed by atoms with Crippen molar-refractivity contribution in [3.63, 3.8) is 0 Å². The Labute approximate surface area is 130 Å². The van der Waals surface area contributed by atoms with Gasteiger partial charge in [-0.2, -0.15) is 0 Å². The Kier molecular flexibility index (Phi) is 4.13. The van der Waals surface area contributed by atoms with Gasteiger partial charge >= 0.3 is 0 Å². The first-order valence-electron chi connectivity index (χ1n) is 7.83. The monoisotopic (exact) mass is 304 g/mol. The lowest BCUT2D eigenvalue weighted by molar-refractivity contribution is 0.267. The predicted octanol–water partition coefficient (Wildman–Crippen LogP) is 3.39. The molecule has 5 heteroatoms. The van der Waals surface area contributed by atoms with E-state index in [4.69, 9.17) is 4.98 Å². The Balaban J connectivity index is 1.86. The van der Waals surface area contributed by atoms with Crippen molar-refractivity contribution < 1.29 is 0 Å². The van der Waals surface area contributed by atoms with E-state index in [2.05, 4.69) is 54.3 Å². The minimum absolute atomic E-state index is 0.468. The van der Waals surface area contributed by atoms with Gasteiger partial charge in [0.05, 0.1) is 5.39 Å². The minimum Gasteiger partial charge on any atom is -0.365 e. The van der Waals surface area contributed by atoms with Crippen molar-refractivity contribution in [2.75, 3.05) is 18.4 Å². The smallest absolute Gasteiger partial charge is 0.138 e. The summed E-state index contributed by atoms with van der Waals surface area (Å²) in [5.74, 6) is 2.58. The fourth-order valence-corrected chi connectivity index (χ4v) is 3.74. The van der Waals surface area contributed by atoms with Crippen LogP contribution in [0.15, 0.2) is 11.4 Å². The van der Waals surface area contributed by atoms with Gasteiger partial charge in [0.25, 0.3) is 0 Å². The summed E-state index contributed by atoms with van der Waals surface area (Å²) >= 11 is 1.69. The lowest BCUT2D eigenvalue weighted by Crippen LogP contribution is -2.31. The first-order chi connectivity index (χ1) is 10.1. The number of aromatic nitrogens is 2. The molecule has 0 saturated carbocycles. The van der Waals surface area contributed by atoms with Crippen LogP contribution in [-0.2, 0) is 6.42 Å². The van der Waals surface area contributed by atoms with E-state index in [0.717, 1.165) is 41.4 Å². The van der Waals surface area contributed by atoms with E-state index in [1.165, 1.54) is 0 Å². The molecule has 21 heavy (non-hydrogen) atoms. The zero-order chi connectivity index (χ0) is 15.0. The van der Waals surface area contributed by atoms with Gasteiger partial charge in [0.2, 0.25) is 0 Å². The molecular formula is C16H24N4S. The van der Waals surface area contributed by atoms with Crippen molar-refractivity contribution in [3.8, 4) is 0 Å². The Morgan fingerprint density at radius 1 is 1.38 bits per heavy atom. The molecule has 4 nitrogen and oxygen atoms in total. The Hall–Kier alpha value is -1.20. The van der Waals surface area contributed by atoms with Gasteiger partial charge in [-0.05, 0) is 31.2 Å². The van der Waals surface area contributed by atoms with Crippen molar-refractivity contribution in [3.05, 3.63) is 17.3 Å². The number of rotatable bonds is 4. The largest absolute Gasteiger partial charge is 0.365 e. The highest BCUT2D eigenvalue weighted by Crippen LogP contribution is 2.28. The summed E-state index contributed by atoms with van der Waals surface area (Å²) < 4.78 is 0. The Morgan fingerprint density at radius 3 is 2.86 bits per heavy atom. The lowest BCUT2D eigenvalue weighted by Gasteiger charge is -2.21. The van der Waals surface area contributed by atoms with Gasteiger partial charge < -0.3 is 5.32 Å². The molecule has 2 aromatic rings. The zero-order valence-corrected chi connectivity index (χ0v) is 14.1. The van der Waals surface area contributed by atoms with Gasteiger partial charge in [-0.1, -0.05) is 13.8 Å². The van der Waals surface area contributed by atoms with Gasteiger partial charge in [-0.3, -0.25) is 4.90 Å². The number of aryl methyl sites for hydroxylation is 1. The third kappa shape index (κ3) is 2.90. The third-order valence-corrected chi connectivity index (χ3v) is 5.19. The second-order valence-electron chi connectivity index (χ2n) is 6.26. The normalized spacial score (nSPS) is 23.3. The fourth-order valence-electron chi connectivity index (χ4n) is 2.96. The van der Waals surface area contributed by atoms with Crippen LogP contribution in [0, 0.1) is 5.92 Å². The van der Waals surface area contributed by atoms with Gasteiger partial charge in [0.15, 0.2) is 0 Å². The molecule has 2 unspecified atom stereocenters. The van der Waals surface area contributed by atoms with Crippen molar-refractivity contribution >= 4 is 27.4 Å². The summed E-state index contributed by atoms with van der Waals surface area (Å²) in [5.41, 5.74) is 0. The van der Waals surface area contributed by atoms with Crippen LogP contribution in [0.2, 0.25) is 0 Å². The molecule has 3 heterocycles. The molecule has 114 valence electrons. The number of likely N-dealkylation sites (tertiary alicyclic amines) is 1. The lowest BCUT2D eigenvalue weighted by atomic mass is 10.1. The summed E-state index contributed by atoms with van der Waals surface area (Å²) in [6.45, 7) is 11.2. The molecule has 0 spiro atoms. The molecule has 1 N–H and O–H groups in total. The molecule has 1 aliphatic heterocycles. The summed E-state index contributed by atoms with van der Waals surface area (Å²) in [6, 6.07) is 3.20. The average Bonchev–Trinajstić information content (AvgIpc) is 3.06. The SMILES string of the molecule is CCc1nc(NC2CN(C(C)C)CC2C)c2ccsc2n1. The Morgan fingerprint density at radius 2 is 2.19 bits per heavy atom. The summed E-state index contributed by atoms with van der Waals surface area (Å²) in [7, 11) is 0. The average molecular weight is 304 g/mol. The number of thiophene rings is 1. The minimum atomic E-state index is 0.468. The van der Waals surface area contributed by atoms with Crippen LogP contribution >= 0.6 is 11.3 Å². The van der Waals surface area contributed by atoms with Crippen LogP contribution < -0.4 is 5.32 Å². The highest BCUT2D eigenvalue weighted by Gasteiger charge is 2.31. The molecule has 2 aromatic heterocycles. The highest BCUT2D eigenvalue weighted by atomic mass is 32.1. The number of fused-ring (bicyclic) bond motifs is 1. The van der Waals surface area contributed by atoms with Crippen LogP contribution in [0.3, 0.4) is 0 Å². The van der Waals surface area contributed by atoms with Crippen LogP contribution in [0.1, 0.15) is 33.5 Å². The topological polar surface area (TPSA) is 41.1 Å². The van der Waals surface area contributed by atoms with Crippen molar-refractivity contribution in [2.24, 2.45) is 5.92 Å². The molecule has 0 aromatic carbocycles. The number of nitrogens with zero attached hydrogens (tertiary/aromatic N) is 3. The third-order valence-electron chi connectivity index (χ3n) is 4.38. The van der Waals surface area contributed by atoms with Gasteiger partial charge in [0.1, 0.15) is 16.5 Å². The first-order valence-corrected chi connectivity index (χ1v) is 8.71. The first kappa shape index (κ1) is 14.7. The molecule has 0 radical (unpaired) electrons. The van der Waals surface area contributed by atoms with Gasteiger partial charge in [-0.15, -0.1) is 11.3 Å².